The van der Waals surface area contributed by atoms with Crippen molar-refractivity contribution in [2.75, 3.05) is 5.32 Å². The highest BCUT2D eigenvalue weighted by Gasteiger charge is 2.16. The van der Waals surface area contributed by atoms with E-state index in [-0.39, 0.29) is 0 Å². The minimum Gasteiger partial charge on any atom is -0.407 e. The maximum absolute atomic E-state index is 12.3. The number of nitrogens with zero attached hydrogens (tertiary/aromatic N) is 1. The van der Waals surface area contributed by atoms with E-state index in [0.717, 1.165) is 9.04 Å². The monoisotopic (exact) mass is 366 g/mol. The largest absolute Gasteiger partial charge is 0.428 e. The predicted molar refractivity (Wildman–Crippen MR) is 84.0 cm³/mol. The van der Waals surface area contributed by atoms with Crippen LogP contribution in [0.25, 0.3) is 11.1 Å². The zero-order valence-electron chi connectivity index (χ0n) is 10.5. The minimum absolute atomic E-state index is 0.300. The molecule has 0 atom stereocenters. The molecule has 0 saturated heterocycles. The molecule has 7 heteroatoms. The van der Waals surface area contributed by atoms with Crippen LogP contribution in [0.5, 0.6) is 0 Å². The Balaban J connectivity index is 2.04. The molecule has 5 nitrogen and oxygen atoms in total. The van der Waals surface area contributed by atoms with Crippen LogP contribution in [-0.2, 0) is 0 Å². The molecule has 0 aliphatic heterocycles. The average Bonchev–Trinajstić information content (AvgIpc) is 2.74. The molecule has 0 spiro atoms. The molecule has 0 bridgehead atoms. The summed E-state index contributed by atoms with van der Waals surface area (Å²) in [6.45, 7) is 0. The van der Waals surface area contributed by atoms with Crippen LogP contribution in [0.3, 0.4) is 0 Å². The predicted octanol–water partition coefficient (Wildman–Crippen LogP) is 4.09. The van der Waals surface area contributed by atoms with Crippen LogP contribution in [0, 0.1) is 0 Å². The fraction of sp³-hybridized carbons (Fsp3) is 0. The summed E-state index contributed by atoms with van der Waals surface area (Å²) in [5, 5.41) is 3.04. The van der Waals surface area contributed by atoms with Gasteiger partial charge in [0.25, 0.3) is 0 Å². The molecule has 1 heterocycles. The Hall–Kier alpha value is -2.05. The molecule has 0 saturated carbocycles. The summed E-state index contributed by atoms with van der Waals surface area (Å²) < 4.78 is 6.73. The van der Waals surface area contributed by atoms with Crippen molar-refractivity contribution in [3.63, 3.8) is 0 Å². The molecule has 0 aliphatic carbocycles. The molecule has 106 valence electrons. The fourth-order valence-electron chi connectivity index (χ4n) is 1.93. The van der Waals surface area contributed by atoms with Crippen LogP contribution in [0.4, 0.5) is 10.5 Å². The summed E-state index contributed by atoms with van der Waals surface area (Å²) >= 11 is 9.20. The lowest BCUT2D eigenvalue weighted by Crippen LogP contribution is -2.27. The lowest BCUT2D eigenvalue weighted by molar-refractivity contribution is 0.252. The quantitative estimate of drug-likeness (QED) is 0.704. The Bertz CT molecular complexity index is 901. The smallest absolute Gasteiger partial charge is 0.407 e. The molecule has 0 radical (unpaired) electrons. The number of benzene rings is 2. The van der Waals surface area contributed by atoms with Crippen molar-refractivity contribution < 1.29 is 9.21 Å². The molecule has 1 aromatic heterocycles. The van der Waals surface area contributed by atoms with Crippen molar-refractivity contribution in [3.05, 3.63) is 62.5 Å². The maximum Gasteiger partial charge on any atom is 0.428 e. The van der Waals surface area contributed by atoms with Gasteiger partial charge in [0.1, 0.15) is 5.52 Å². The summed E-state index contributed by atoms with van der Waals surface area (Å²) in [6.07, 6.45) is 0. The van der Waals surface area contributed by atoms with Crippen molar-refractivity contribution in [1.82, 2.24) is 4.57 Å². The van der Waals surface area contributed by atoms with Crippen molar-refractivity contribution in [3.8, 4) is 0 Å². The van der Waals surface area contributed by atoms with Gasteiger partial charge in [-0.05, 0) is 36.4 Å². The number of carbonyl (C=O) groups excluding carboxylic acids is 1. The number of oxazole rings is 1. The van der Waals surface area contributed by atoms with Crippen LogP contribution >= 0.6 is 27.5 Å². The van der Waals surface area contributed by atoms with Crippen LogP contribution in [0.15, 0.2) is 56.1 Å². The summed E-state index contributed by atoms with van der Waals surface area (Å²) in [7, 11) is 0. The maximum atomic E-state index is 12.3. The first kappa shape index (κ1) is 13.9. The van der Waals surface area contributed by atoms with Gasteiger partial charge in [-0.15, -0.1) is 0 Å². The second-order valence-electron chi connectivity index (χ2n) is 4.26. The molecule has 0 aliphatic rings. The Kier molecular flexibility index (Phi) is 3.57. The van der Waals surface area contributed by atoms with Gasteiger partial charge in [0.2, 0.25) is 0 Å². The van der Waals surface area contributed by atoms with E-state index in [1.807, 2.05) is 6.07 Å². The van der Waals surface area contributed by atoms with Crippen LogP contribution in [0.2, 0.25) is 5.02 Å². The minimum atomic E-state index is -0.764. The van der Waals surface area contributed by atoms with Gasteiger partial charge in [-0.2, -0.15) is 4.57 Å². The van der Waals surface area contributed by atoms with Crippen molar-refractivity contribution >= 4 is 50.3 Å². The zero-order chi connectivity index (χ0) is 15.0. The third-order valence-electron chi connectivity index (χ3n) is 2.82. The number of halogens is 2. The SMILES string of the molecule is O=C(Nc1cccc(Br)c1)n1c(=O)oc2ccc(Cl)cc21. The molecule has 3 rings (SSSR count). The summed E-state index contributed by atoms with van der Waals surface area (Å²) in [6, 6.07) is 11.1. The van der Waals surface area contributed by atoms with Crippen molar-refractivity contribution in [2.24, 2.45) is 0 Å². The molecule has 2 aromatic carbocycles. The molecule has 1 amide bonds. The lowest BCUT2D eigenvalue weighted by atomic mass is 10.3. The van der Waals surface area contributed by atoms with Crippen LogP contribution < -0.4 is 11.1 Å². The summed E-state index contributed by atoms with van der Waals surface area (Å²) in [5.74, 6) is -0.764. The average molecular weight is 368 g/mol. The van der Waals surface area contributed by atoms with Crippen molar-refractivity contribution in [1.29, 1.82) is 0 Å². The third kappa shape index (κ3) is 2.72. The molecule has 1 N–H and O–H groups in total. The van der Waals surface area contributed by atoms with Gasteiger partial charge < -0.3 is 9.73 Å². The topological polar surface area (TPSA) is 64.2 Å². The van der Waals surface area contributed by atoms with Crippen molar-refractivity contribution in [2.45, 2.75) is 0 Å². The summed E-state index contributed by atoms with van der Waals surface area (Å²) in [5.41, 5.74) is 1.17. The summed E-state index contributed by atoms with van der Waals surface area (Å²) in [4.78, 5) is 24.1. The first-order chi connectivity index (χ1) is 10.0. The Morgan fingerprint density at radius 3 is 2.81 bits per heavy atom. The van der Waals surface area contributed by atoms with E-state index in [2.05, 4.69) is 21.2 Å². The van der Waals surface area contributed by atoms with E-state index in [1.165, 1.54) is 6.07 Å². The molecular formula is C14H8BrClN2O3. The third-order valence-corrected chi connectivity index (χ3v) is 3.55. The number of nitrogens with one attached hydrogen (secondary N) is 1. The van der Waals surface area contributed by atoms with Gasteiger partial charge in [-0.25, -0.2) is 9.59 Å². The highest BCUT2D eigenvalue weighted by atomic mass is 79.9. The second-order valence-corrected chi connectivity index (χ2v) is 5.61. The fourth-order valence-corrected chi connectivity index (χ4v) is 2.49. The number of aromatic nitrogens is 1. The normalized spacial score (nSPS) is 10.8. The van der Waals surface area contributed by atoms with E-state index in [1.54, 1.807) is 30.3 Å². The lowest BCUT2D eigenvalue weighted by Gasteiger charge is -2.05. The first-order valence-corrected chi connectivity index (χ1v) is 7.10. The van der Waals surface area contributed by atoms with Gasteiger partial charge in [0, 0.05) is 15.2 Å². The first-order valence-electron chi connectivity index (χ1n) is 5.92. The molecule has 3 aromatic rings. The van der Waals surface area contributed by atoms with Gasteiger partial charge in [0.05, 0.1) is 0 Å². The highest BCUT2D eigenvalue weighted by Crippen LogP contribution is 2.20. The van der Waals surface area contributed by atoms with E-state index in [9.17, 15) is 9.59 Å². The van der Waals surface area contributed by atoms with Gasteiger partial charge in [-0.3, -0.25) is 0 Å². The number of carbonyl (C=O) groups is 1. The zero-order valence-corrected chi connectivity index (χ0v) is 12.8. The molecular weight excluding hydrogens is 360 g/mol. The number of rotatable bonds is 1. The Labute approximate surface area is 132 Å². The van der Waals surface area contributed by atoms with E-state index < -0.39 is 11.8 Å². The van der Waals surface area contributed by atoms with E-state index in [0.29, 0.717) is 21.8 Å². The standard InChI is InChI=1S/C14H8BrClN2O3/c15-8-2-1-3-10(6-8)17-13(19)18-11-7-9(16)4-5-12(11)21-14(18)20/h1-7H,(H,17,19). The molecule has 21 heavy (non-hydrogen) atoms. The van der Waals surface area contributed by atoms with E-state index in [4.69, 9.17) is 16.0 Å². The number of amides is 1. The number of fused-ring (bicyclic) bond motifs is 1. The second kappa shape index (κ2) is 5.38. The van der Waals surface area contributed by atoms with E-state index >= 15 is 0 Å². The van der Waals surface area contributed by atoms with Gasteiger partial charge in [-0.1, -0.05) is 33.6 Å². The van der Waals surface area contributed by atoms with Crippen LogP contribution in [-0.4, -0.2) is 10.6 Å². The number of anilines is 1. The number of hydrogen-bond donors (Lipinski definition) is 1. The molecule has 0 unspecified atom stereocenters. The highest BCUT2D eigenvalue weighted by molar-refractivity contribution is 9.10. The van der Waals surface area contributed by atoms with Gasteiger partial charge in [0.15, 0.2) is 5.58 Å². The Morgan fingerprint density at radius 1 is 1.24 bits per heavy atom. The van der Waals surface area contributed by atoms with Crippen LogP contribution in [0.1, 0.15) is 0 Å². The molecule has 0 fully saturated rings. The number of hydrogen-bond acceptors (Lipinski definition) is 3. The van der Waals surface area contributed by atoms with Gasteiger partial charge >= 0.3 is 11.8 Å². The Morgan fingerprint density at radius 2 is 2.05 bits per heavy atom.